The molecule has 7 nitrogen and oxygen atoms in total. The van der Waals surface area contributed by atoms with Gasteiger partial charge in [-0.3, -0.25) is 9.59 Å². The fourth-order valence-electron chi connectivity index (χ4n) is 0.770. The first-order valence-electron chi connectivity index (χ1n) is 5.37. The van der Waals surface area contributed by atoms with Crippen LogP contribution < -0.4 is 0 Å². The van der Waals surface area contributed by atoms with Gasteiger partial charge in [0.1, 0.15) is 0 Å². The summed E-state index contributed by atoms with van der Waals surface area (Å²) in [7, 11) is 0. The van der Waals surface area contributed by atoms with Crippen LogP contribution in [-0.4, -0.2) is 25.5 Å². The minimum atomic E-state index is -2.86. The normalized spacial score (nSPS) is 7.91. The van der Waals surface area contributed by atoms with Crippen molar-refractivity contribution in [3.8, 4) is 0 Å². The van der Waals surface area contributed by atoms with Crippen LogP contribution in [0.25, 0.3) is 10.8 Å². The van der Waals surface area contributed by atoms with Crippen LogP contribution in [0.2, 0.25) is 0 Å². The third-order valence-corrected chi connectivity index (χ3v) is 1.33. The second-order valence-electron chi connectivity index (χ2n) is 2.71. The van der Waals surface area contributed by atoms with Crippen molar-refractivity contribution in [2.75, 3.05) is 0 Å². The van der Waals surface area contributed by atoms with E-state index in [1.807, 2.05) is 72.8 Å². The first-order valence-corrected chi connectivity index (χ1v) is 6.40. The lowest BCUT2D eigenvalue weighted by Crippen LogP contribution is -1.75. The van der Waals surface area contributed by atoms with Gasteiger partial charge in [-0.25, -0.2) is 4.21 Å². The van der Waals surface area contributed by atoms with Gasteiger partial charge >= 0.3 is 0 Å². The highest BCUT2D eigenvalue weighted by Crippen LogP contribution is 1.80. The van der Waals surface area contributed by atoms with Crippen LogP contribution in [0, 0.1) is 0 Å². The Morgan fingerprint density at radius 1 is 0.682 bits per heavy atom. The van der Waals surface area contributed by atoms with Gasteiger partial charge in [0.25, 0.3) is 0 Å². The molecule has 8 heteroatoms. The Labute approximate surface area is 130 Å². The molecule has 0 fully saturated rings. The molecule has 22 heavy (non-hydrogen) atoms. The summed E-state index contributed by atoms with van der Waals surface area (Å²) in [6.45, 7) is 0. The molecule has 2 rings (SSSR count). The summed E-state index contributed by atoms with van der Waals surface area (Å²) in [5.41, 5.74) is 0. The van der Waals surface area contributed by atoms with E-state index in [4.69, 9.17) is 33.7 Å². The average molecular weight is 321 g/mol. The highest BCUT2D eigenvalue weighted by molar-refractivity contribution is 7.73. The molecule has 1 atom stereocenters. The summed E-state index contributed by atoms with van der Waals surface area (Å²) < 4.78 is 24.1. The summed E-state index contributed by atoms with van der Waals surface area (Å²) in [5, 5.41) is 13.5. The van der Waals surface area contributed by atoms with Gasteiger partial charge in [-0.05, 0) is 12.2 Å². The average Bonchev–Trinajstić information content (AvgIpc) is 2.52. The summed E-state index contributed by atoms with van der Waals surface area (Å²) in [6, 6.07) is 24.0. The van der Waals surface area contributed by atoms with E-state index in [1.165, 1.54) is 0 Å². The SMILES string of the molecule is O=S([O-])O.[N-]=C=O.[N-]=C=O.c1ccccc1.c1ccccc1. The smallest absolute Gasteiger partial charge is 0.0814 e. The Balaban J connectivity index is -0.000000214. The molecule has 0 aromatic heterocycles. The molecule has 118 valence electrons. The van der Waals surface area contributed by atoms with Crippen molar-refractivity contribution in [1.82, 2.24) is 0 Å². The van der Waals surface area contributed by atoms with Crippen LogP contribution in [0.3, 0.4) is 0 Å². The zero-order valence-electron chi connectivity index (χ0n) is 11.3. The predicted octanol–water partition coefficient (Wildman–Crippen LogP) is 2.49. The number of carbonyl (C=O) groups excluding carboxylic acids is 2. The van der Waals surface area contributed by atoms with Crippen molar-refractivity contribution in [2.45, 2.75) is 0 Å². The molecule has 0 heterocycles. The molecule has 0 aliphatic rings. The van der Waals surface area contributed by atoms with E-state index in [9.17, 15) is 0 Å². The van der Waals surface area contributed by atoms with Crippen LogP contribution in [0.15, 0.2) is 72.8 Å². The summed E-state index contributed by atoms with van der Waals surface area (Å²) in [4.78, 5) is 16.5. The Morgan fingerprint density at radius 2 is 0.727 bits per heavy atom. The van der Waals surface area contributed by atoms with E-state index in [2.05, 4.69) is 0 Å². The fourth-order valence-corrected chi connectivity index (χ4v) is 0.770. The lowest BCUT2D eigenvalue weighted by molar-refractivity contribution is 0.436. The molecule has 0 aliphatic carbocycles. The van der Waals surface area contributed by atoms with Gasteiger partial charge in [-0.1, -0.05) is 72.8 Å². The maximum Gasteiger partial charge on any atom is 0.0814 e. The molecule has 0 radical (unpaired) electrons. The Hall–Kier alpha value is -2.73. The summed E-state index contributed by atoms with van der Waals surface area (Å²) in [6.07, 6.45) is 1.00. The molecule has 0 saturated heterocycles. The van der Waals surface area contributed by atoms with Crippen molar-refractivity contribution in [2.24, 2.45) is 0 Å². The summed E-state index contributed by atoms with van der Waals surface area (Å²) >= 11 is -2.86. The standard InChI is InChI=1S/2C6H6.2CNO.H2O3S/c2*1-2-4-6-5-3-1;2*2-1-3;1-4(2)3/h2*1-6H;;;(H2,1,2,3)/q;;2*-1;/p-1. The Bertz CT molecular complexity index is 410. The van der Waals surface area contributed by atoms with E-state index < -0.39 is 11.4 Å². The van der Waals surface area contributed by atoms with Crippen LogP contribution >= 0.6 is 0 Å². The van der Waals surface area contributed by atoms with Crippen molar-refractivity contribution in [3.05, 3.63) is 83.6 Å². The van der Waals surface area contributed by atoms with E-state index in [1.54, 1.807) is 0 Å². The van der Waals surface area contributed by atoms with Crippen LogP contribution in [0.4, 0.5) is 0 Å². The molecular formula is C14H13N2O5S-3. The van der Waals surface area contributed by atoms with Gasteiger partial charge in [0, 0.05) is 0 Å². The molecule has 0 aliphatic heterocycles. The number of hydrogen-bond acceptors (Lipinski definition) is 4. The number of hydrogen-bond donors (Lipinski definition) is 1. The van der Waals surface area contributed by atoms with E-state index >= 15 is 0 Å². The number of rotatable bonds is 0. The molecule has 1 N–H and O–H groups in total. The van der Waals surface area contributed by atoms with Crippen molar-refractivity contribution < 1.29 is 22.9 Å². The third kappa shape index (κ3) is 53.2. The fraction of sp³-hybridized carbons (Fsp3) is 0. The summed E-state index contributed by atoms with van der Waals surface area (Å²) in [5.74, 6) is 0. The van der Waals surface area contributed by atoms with Crippen molar-refractivity contribution >= 4 is 23.5 Å². The Kier molecular flexibility index (Phi) is 29.6. The highest BCUT2D eigenvalue weighted by atomic mass is 32.2. The number of isocyanates is 2. The molecule has 0 bridgehead atoms. The van der Waals surface area contributed by atoms with Gasteiger partial charge in [0.15, 0.2) is 0 Å². The minimum absolute atomic E-state index is 0.500. The van der Waals surface area contributed by atoms with Crippen LogP contribution in [0.5, 0.6) is 0 Å². The largest absolute Gasteiger partial charge is 0.750 e. The molecule has 2 aromatic rings. The lowest BCUT2D eigenvalue weighted by atomic mass is 10.4. The number of nitrogens with zero attached hydrogens (tertiary/aromatic N) is 2. The van der Waals surface area contributed by atoms with Crippen molar-refractivity contribution in [1.29, 1.82) is 0 Å². The number of benzene rings is 2. The van der Waals surface area contributed by atoms with E-state index in [0.29, 0.717) is 12.2 Å². The molecule has 2 aromatic carbocycles. The first-order chi connectivity index (χ1) is 10.6. The third-order valence-electron chi connectivity index (χ3n) is 1.33. The zero-order valence-corrected chi connectivity index (χ0v) is 12.1. The highest BCUT2D eigenvalue weighted by Gasteiger charge is 1.58. The zero-order chi connectivity index (χ0) is 17.5. The Morgan fingerprint density at radius 3 is 0.773 bits per heavy atom. The lowest BCUT2D eigenvalue weighted by Gasteiger charge is -1.83. The maximum atomic E-state index is 8.56. The molecule has 0 spiro atoms. The van der Waals surface area contributed by atoms with Gasteiger partial charge in [-0.15, -0.1) is 0 Å². The molecule has 0 saturated carbocycles. The first kappa shape index (κ1) is 24.3. The van der Waals surface area contributed by atoms with Gasteiger partial charge in [-0.2, -0.15) is 0 Å². The van der Waals surface area contributed by atoms with E-state index in [0.717, 1.165) is 0 Å². The van der Waals surface area contributed by atoms with Crippen molar-refractivity contribution in [3.63, 3.8) is 0 Å². The monoisotopic (exact) mass is 321 g/mol. The predicted molar refractivity (Wildman–Crippen MR) is 82.5 cm³/mol. The second-order valence-corrected chi connectivity index (χ2v) is 3.14. The topological polar surface area (TPSA) is 139 Å². The van der Waals surface area contributed by atoms with Gasteiger partial charge < -0.3 is 19.9 Å². The molecular weight excluding hydrogens is 308 g/mol. The molecule has 0 amide bonds. The quantitative estimate of drug-likeness (QED) is 0.451. The second kappa shape index (κ2) is 26.8. The van der Waals surface area contributed by atoms with Gasteiger partial charge in [0.2, 0.25) is 0 Å². The molecule has 1 unspecified atom stereocenters. The van der Waals surface area contributed by atoms with Crippen LogP contribution in [-0.2, 0) is 21.0 Å². The van der Waals surface area contributed by atoms with Gasteiger partial charge in [0.05, 0.1) is 11.4 Å². The minimum Gasteiger partial charge on any atom is -0.750 e. The van der Waals surface area contributed by atoms with E-state index in [-0.39, 0.29) is 0 Å². The maximum absolute atomic E-state index is 8.56. The van der Waals surface area contributed by atoms with Crippen LogP contribution in [0.1, 0.15) is 0 Å².